The minimum atomic E-state index is -0.468. The number of hydrogen-bond acceptors (Lipinski definition) is 5. The van der Waals surface area contributed by atoms with Crippen molar-refractivity contribution in [2.24, 2.45) is 0 Å². The summed E-state index contributed by atoms with van der Waals surface area (Å²) >= 11 is 1.58. The minimum absolute atomic E-state index is 0.195. The van der Waals surface area contributed by atoms with E-state index in [0.717, 1.165) is 31.2 Å². The Morgan fingerprint density at radius 2 is 1.89 bits per heavy atom. The predicted molar refractivity (Wildman–Crippen MR) is 108 cm³/mol. The average molecular weight is 401 g/mol. The number of anilines is 1. The second-order valence-electron chi connectivity index (χ2n) is 6.84. The van der Waals surface area contributed by atoms with Crippen molar-refractivity contribution in [3.63, 3.8) is 0 Å². The number of carbonyl (C=O) groups excluding carboxylic acids is 3. The van der Waals surface area contributed by atoms with Gasteiger partial charge in [-0.3, -0.25) is 14.4 Å². The first-order chi connectivity index (χ1) is 13.6. The van der Waals surface area contributed by atoms with Gasteiger partial charge in [0.1, 0.15) is 0 Å². The molecule has 1 saturated carbocycles. The maximum atomic E-state index is 12.5. The topological polar surface area (TPSA) is 84.5 Å². The molecule has 0 saturated heterocycles. The van der Waals surface area contributed by atoms with Gasteiger partial charge in [0.25, 0.3) is 11.8 Å². The SMILES string of the molecule is O=C(COC(=O)CCc1ccsc1)Nc1ccccc1C(=O)NC1CCCC1. The summed E-state index contributed by atoms with van der Waals surface area (Å²) in [6.45, 7) is -0.374. The highest BCUT2D eigenvalue weighted by Crippen LogP contribution is 2.20. The molecule has 2 aromatic rings. The summed E-state index contributed by atoms with van der Waals surface area (Å²) in [6, 6.07) is 8.99. The number of carbonyl (C=O) groups is 3. The van der Waals surface area contributed by atoms with Gasteiger partial charge in [0.15, 0.2) is 6.61 Å². The Bertz CT molecular complexity index is 814. The molecule has 2 amide bonds. The summed E-state index contributed by atoms with van der Waals surface area (Å²) in [4.78, 5) is 36.5. The van der Waals surface area contributed by atoms with E-state index in [9.17, 15) is 14.4 Å². The van der Waals surface area contributed by atoms with E-state index < -0.39 is 11.9 Å². The van der Waals surface area contributed by atoms with E-state index in [-0.39, 0.29) is 25.0 Å². The van der Waals surface area contributed by atoms with Crippen LogP contribution in [-0.4, -0.2) is 30.4 Å². The van der Waals surface area contributed by atoms with Gasteiger partial charge >= 0.3 is 5.97 Å². The second-order valence-corrected chi connectivity index (χ2v) is 7.62. The molecule has 1 aromatic carbocycles. The highest BCUT2D eigenvalue weighted by Gasteiger charge is 2.20. The first kappa shape index (κ1) is 20.1. The van der Waals surface area contributed by atoms with E-state index in [1.54, 1.807) is 35.6 Å². The van der Waals surface area contributed by atoms with Gasteiger partial charge in [0, 0.05) is 12.5 Å². The van der Waals surface area contributed by atoms with Crippen molar-refractivity contribution in [1.29, 1.82) is 0 Å². The molecule has 1 aliphatic rings. The lowest BCUT2D eigenvalue weighted by atomic mass is 10.1. The zero-order valence-electron chi connectivity index (χ0n) is 15.6. The molecule has 1 aromatic heterocycles. The van der Waals surface area contributed by atoms with E-state index in [0.29, 0.717) is 17.7 Å². The number of rotatable bonds is 8. The van der Waals surface area contributed by atoms with Crippen LogP contribution >= 0.6 is 11.3 Å². The van der Waals surface area contributed by atoms with Gasteiger partial charge in [-0.1, -0.05) is 25.0 Å². The van der Waals surface area contributed by atoms with Gasteiger partial charge in [-0.15, -0.1) is 0 Å². The number of hydrogen-bond donors (Lipinski definition) is 2. The number of benzene rings is 1. The van der Waals surface area contributed by atoms with Gasteiger partial charge in [-0.2, -0.15) is 11.3 Å². The fourth-order valence-corrected chi connectivity index (χ4v) is 3.91. The summed E-state index contributed by atoms with van der Waals surface area (Å²) in [5.41, 5.74) is 1.90. The average Bonchev–Trinajstić information content (AvgIpc) is 3.39. The lowest BCUT2D eigenvalue weighted by molar-refractivity contribution is -0.147. The molecule has 0 spiro atoms. The molecule has 148 valence electrons. The van der Waals surface area contributed by atoms with Gasteiger partial charge in [0.2, 0.25) is 0 Å². The number of aryl methyl sites for hydroxylation is 1. The van der Waals surface area contributed by atoms with Crippen molar-refractivity contribution >= 4 is 34.8 Å². The summed E-state index contributed by atoms with van der Waals surface area (Å²) in [5, 5.41) is 9.61. The van der Waals surface area contributed by atoms with Crippen molar-refractivity contribution in [1.82, 2.24) is 5.32 Å². The van der Waals surface area contributed by atoms with Gasteiger partial charge in [-0.05, 0) is 53.8 Å². The van der Waals surface area contributed by atoms with E-state index in [1.807, 2.05) is 16.8 Å². The molecule has 1 heterocycles. The number of thiophene rings is 1. The smallest absolute Gasteiger partial charge is 0.306 e. The monoisotopic (exact) mass is 400 g/mol. The standard InChI is InChI=1S/C21H24N2O4S/c24-19(13-27-20(25)10-9-15-11-12-28-14-15)23-18-8-4-3-7-17(18)21(26)22-16-5-1-2-6-16/h3-4,7-8,11-12,14,16H,1-2,5-6,9-10,13H2,(H,22,26)(H,23,24). The molecular weight excluding hydrogens is 376 g/mol. The Labute approximate surface area is 168 Å². The molecule has 3 rings (SSSR count). The van der Waals surface area contributed by atoms with Crippen LogP contribution in [-0.2, 0) is 20.7 Å². The lowest BCUT2D eigenvalue weighted by Gasteiger charge is -2.15. The van der Waals surface area contributed by atoms with Crippen LogP contribution in [0.3, 0.4) is 0 Å². The highest BCUT2D eigenvalue weighted by molar-refractivity contribution is 7.07. The molecule has 1 fully saturated rings. The number of para-hydroxylation sites is 1. The van der Waals surface area contributed by atoms with Crippen LogP contribution in [0.5, 0.6) is 0 Å². The van der Waals surface area contributed by atoms with E-state index >= 15 is 0 Å². The Morgan fingerprint density at radius 1 is 1.11 bits per heavy atom. The molecule has 0 bridgehead atoms. The Hall–Kier alpha value is -2.67. The van der Waals surface area contributed by atoms with Gasteiger partial charge in [-0.25, -0.2) is 0 Å². The molecule has 1 aliphatic carbocycles. The predicted octanol–water partition coefficient (Wildman–Crippen LogP) is 3.54. The van der Waals surface area contributed by atoms with Crippen LogP contribution in [0.25, 0.3) is 0 Å². The number of amides is 2. The third-order valence-electron chi connectivity index (χ3n) is 4.70. The second kappa shape index (κ2) is 10.0. The number of esters is 1. The normalized spacial score (nSPS) is 13.9. The third kappa shape index (κ3) is 5.92. The lowest BCUT2D eigenvalue weighted by Crippen LogP contribution is -2.33. The minimum Gasteiger partial charge on any atom is -0.456 e. The molecule has 0 radical (unpaired) electrons. The number of ether oxygens (including phenoxy) is 1. The summed E-state index contributed by atoms with van der Waals surface area (Å²) in [5.74, 6) is -1.09. The number of nitrogens with one attached hydrogen (secondary N) is 2. The Kier molecular flexibility index (Phi) is 7.19. The van der Waals surface area contributed by atoms with E-state index in [2.05, 4.69) is 10.6 Å². The van der Waals surface area contributed by atoms with Gasteiger partial charge in [0.05, 0.1) is 11.3 Å². The quantitative estimate of drug-likeness (QED) is 0.664. The van der Waals surface area contributed by atoms with Crippen LogP contribution in [0.15, 0.2) is 41.1 Å². The van der Waals surface area contributed by atoms with Crippen molar-refractivity contribution in [3.05, 3.63) is 52.2 Å². The van der Waals surface area contributed by atoms with E-state index in [1.165, 1.54) is 0 Å². The summed E-state index contributed by atoms with van der Waals surface area (Å²) < 4.78 is 5.03. The van der Waals surface area contributed by atoms with Crippen LogP contribution in [0.2, 0.25) is 0 Å². The Morgan fingerprint density at radius 3 is 2.64 bits per heavy atom. The molecule has 7 heteroatoms. The maximum Gasteiger partial charge on any atom is 0.306 e. The molecule has 6 nitrogen and oxygen atoms in total. The summed E-state index contributed by atoms with van der Waals surface area (Å²) in [6.07, 6.45) is 5.05. The summed E-state index contributed by atoms with van der Waals surface area (Å²) in [7, 11) is 0. The molecule has 0 unspecified atom stereocenters. The molecule has 0 atom stereocenters. The van der Waals surface area contributed by atoms with Crippen molar-refractivity contribution in [3.8, 4) is 0 Å². The maximum absolute atomic E-state index is 12.5. The zero-order chi connectivity index (χ0) is 19.8. The first-order valence-electron chi connectivity index (χ1n) is 9.48. The Balaban J connectivity index is 1.48. The molecule has 28 heavy (non-hydrogen) atoms. The third-order valence-corrected chi connectivity index (χ3v) is 5.43. The highest BCUT2D eigenvalue weighted by atomic mass is 32.1. The van der Waals surface area contributed by atoms with Crippen molar-refractivity contribution in [2.45, 2.75) is 44.6 Å². The molecule has 2 N–H and O–H groups in total. The zero-order valence-corrected chi connectivity index (χ0v) is 16.4. The van der Waals surface area contributed by atoms with E-state index in [4.69, 9.17) is 4.74 Å². The molecular formula is C21H24N2O4S. The van der Waals surface area contributed by atoms with Crippen LogP contribution in [0.1, 0.15) is 48.0 Å². The fraction of sp³-hybridized carbons (Fsp3) is 0.381. The van der Waals surface area contributed by atoms with Crippen LogP contribution in [0, 0.1) is 0 Å². The van der Waals surface area contributed by atoms with Crippen LogP contribution < -0.4 is 10.6 Å². The van der Waals surface area contributed by atoms with Gasteiger partial charge < -0.3 is 15.4 Å². The largest absolute Gasteiger partial charge is 0.456 e. The van der Waals surface area contributed by atoms with Crippen LogP contribution in [0.4, 0.5) is 5.69 Å². The fourth-order valence-electron chi connectivity index (χ4n) is 3.21. The van der Waals surface area contributed by atoms with Crippen molar-refractivity contribution < 1.29 is 19.1 Å². The van der Waals surface area contributed by atoms with Crippen molar-refractivity contribution in [2.75, 3.05) is 11.9 Å². The first-order valence-corrected chi connectivity index (χ1v) is 10.4. The molecule has 0 aliphatic heterocycles.